The Morgan fingerprint density at radius 3 is 2.43 bits per heavy atom. The van der Waals surface area contributed by atoms with Crippen LogP contribution in [-0.4, -0.2) is 30.3 Å². The van der Waals surface area contributed by atoms with Gasteiger partial charge in [0.1, 0.15) is 6.20 Å². The lowest BCUT2D eigenvalue weighted by molar-refractivity contribution is -0.384. The quantitative estimate of drug-likeness (QED) is 0.688. The van der Waals surface area contributed by atoms with Gasteiger partial charge in [-0.05, 0) is 0 Å². The molecule has 0 aromatic carbocycles. The second kappa shape index (κ2) is 4.61. The number of nitrogens with zero attached hydrogens (tertiary/aromatic N) is 4. The van der Waals surface area contributed by atoms with E-state index in [0.29, 0.717) is 17.0 Å². The first kappa shape index (κ1) is 14.6. The molecule has 11 heteroatoms. The zero-order valence-electron chi connectivity index (χ0n) is 10.3. The maximum absolute atomic E-state index is 12.8. The molecule has 0 unspecified atom stereocenters. The van der Waals surface area contributed by atoms with Crippen molar-refractivity contribution in [2.45, 2.75) is 6.18 Å². The first-order chi connectivity index (χ1) is 9.61. The van der Waals surface area contributed by atoms with Crippen LogP contribution in [0.15, 0.2) is 18.6 Å². The van der Waals surface area contributed by atoms with Gasteiger partial charge in [-0.2, -0.15) is 13.2 Å². The number of aromatic nitrogens is 3. The molecule has 0 saturated carbocycles. The van der Waals surface area contributed by atoms with Crippen molar-refractivity contribution >= 4 is 11.7 Å². The minimum Gasteiger partial charge on any atom is -0.478 e. The van der Waals surface area contributed by atoms with E-state index in [0.717, 1.165) is 10.9 Å². The molecule has 2 rings (SSSR count). The van der Waals surface area contributed by atoms with Gasteiger partial charge >= 0.3 is 17.8 Å². The van der Waals surface area contributed by atoms with Gasteiger partial charge in [-0.1, -0.05) is 0 Å². The minimum atomic E-state index is -4.90. The fourth-order valence-electron chi connectivity index (χ4n) is 1.75. The normalized spacial score (nSPS) is 11.6. The Kier molecular flexibility index (Phi) is 3.20. The summed E-state index contributed by atoms with van der Waals surface area (Å²) in [7, 11) is 1.35. The number of carboxylic acid groups (broad SMARTS) is 1. The van der Waals surface area contributed by atoms with Crippen molar-refractivity contribution in [1.82, 2.24) is 14.3 Å². The van der Waals surface area contributed by atoms with Crippen molar-refractivity contribution in [3.63, 3.8) is 0 Å². The second-order valence-electron chi connectivity index (χ2n) is 4.06. The van der Waals surface area contributed by atoms with Gasteiger partial charge in [-0.25, -0.2) is 4.79 Å². The summed E-state index contributed by atoms with van der Waals surface area (Å²) in [6, 6.07) is 0. The van der Waals surface area contributed by atoms with Gasteiger partial charge in [0.05, 0.1) is 16.1 Å². The zero-order valence-corrected chi connectivity index (χ0v) is 10.3. The summed E-state index contributed by atoms with van der Waals surface area (Å²) in [5.41, 5.74) is -2.96. The van der Waals surface area contributed by atoms with Crippen molar-refractivity contribution in [2.75, 3.05) is 0 Å². The Bertz CT molecular complexity index is 731. The summed E-state index contributed by atoms with van der Waals surface area (Å²) < 4.78 is 40.0. The standard InChI is InChI=1S/C10H7F3N4O4/c1-15-4-7(17(20)21)8(14-15)16-2-5(9(18)19)6(3-16)10(11,12)13/h2-4H,1H3,(H,18,19). The Morgan fingerprint density at radius 2 is 2.00 bits per heavy atom. The predicted octanol–water partition coefficient (Wildman–Crippen LogP) is 1.84. The molecule has 0 bridgehead atoms. The Labute approximate surface area is 114 Å². The van der Waals surface area contributed by atoms with E-state index in [9.17, 15) is 28.1 Å². The Morgan fingerprint density at radius 1 is 1.38 bits per heavy atom. The molecule has 8 nitrogen and oxygen atoms in total. The van der Waals surface area contributed by atoms with Crippen LogP contribution < -0.4 is 0 Å². The summed E-state index contributed by atoms with van der Waals surface area (Å²) in [6.45, 7) is 0. The Balaban J connectivity index is 2.67. The minimum absolute atomic E-state index is 0.402. The topological polar surface area (TPSA) is 103 Å². The smallest absolute Gasteiger partial charge is 0.418 e. The summed E-state index contributed by atoms with van der Waals surface area (Å²) in [5.74, 6) is -2.19. The van der Waals surface area contributed by atoms with E-state index in [-0.39, 0.29) is 0 Å². The molecule has 0 atom stereocenters. The van der Waals surface area contributed by atoms with Crippen LogP contribution in [0.2, 0.25) is 0 Å². The Hall–Kier alpha value is -2.85. The summed E-state index contributed by atoms with van der Waals surface area (Å²) in [4.78, 5) is 20.9. The van der Waals surface area contributed by atoms with E-state index in [1.54, 1.807) is 0 Å². The second-order valence-corrected chi connectivity index (χ2v) is 4.06. The number of carboxylic acids is 1. The van der Waals surface area contributed by atoms with Crippen molar-refractivity contribution in [3.05, 3.63) is 39.8 Å². The van der Waals surface area contributed by atoms with Crippen LogP contribution in [0.5, 0.6) is 0 Å². The predicted molar refractivity (Wildman–Crippen MR) is 61.2 cm³/mol. The van der Waals surface area contributed by atoms with E-state index in [2.05, 4.69) is 5.10 Å². The van der Waals surface area contributed by atoms with Gasteiger partial charge in [0, 0.05) is 19.4 Å². The molecule has 0 fully saturated rings. The molecule has 112 valence electrons. The highest BCUT2D eigenvalue weighted by atomic mass is 19.4. The van der Waals surface area contributed by atoms with Crippen LogP contribution in [0.25, 0.3) is 5.82 Å². The molecule has 0 aliphatic rings. The fourth-order valence-corrected chi connectivity index (χ4v) is 1.75. The maximum Gasteiger partial charge on any atom is 0.418 e. The largest absolute Gasteiger partial charge is 0.478 e. The third-order valence-electron chi connectivity index (χ3n) is 2.59. The van der Waals surface area contributed by atoms with E-state index < -0.39 is 39.7 Å². The molecule has 1 N–H and O–H groups in total. The first-order valence-corrected chi connectivity index (χ1v) is 5.32. The molecule has 0 saturated heterocycles. The van der Waals surface area contributed by atoms with Crippen LogP contribution in [0.3, 0.4) is 0 Å². The molecule has 2 heterocycles. The number of rotatable bonds is 3. The SMILES string of the molecule is Cn1cc([N+](=O)[O-])c(-n2cc(C(=O)O)c(C(F)(F)F)c2)n1. The number of carbonyl (C=O) groups is 1. The summed E-state index contributed by atoms with van der Waals surface area (Å²) in [5, 5.41) is 23.3. The van der Waals surface area contributed by atoms with Crippen LogP contribution in [0.1, 0.15) is 15.9 Å². The fraction of sp³-hybridized carbons (Fsp3) is 0.200. The third-order valence-corrected chi connectivity index (χ3v) is 2.59. The number of nitro groups is 1. The molecule has 0 aliphatic carbocycles. The molecule has 21 heavy (non-hydrogen) atoms. The number of alkyl halides is 3. The maximum atomic E-state index is 12.8. The lowest BCUT2D eigenvalue weighted by atomic mass is 10.2. The monoisotopic (exact) mass is 304 g/mol. The van der Waals surface area contributed by atoms with Crippen molar-refractivity contribution in [2.24, 2.45) is 7.05 Å². The molecule has 0 amide bonds. The zero-order chi connectivity index (χ0) is 15.9. The van der Waals surface area contributed by atoms with Crippen LogP contribution >= 0.6 is 0 Å². The van der Waals surface area contributed by atoms with Gasteiger partial charge < -0.3 is 5.11 Å². The number of aryl methyl sites for hydroxylation is 1. The van der Waals surface area contributed by atoms with Crippen LogP contribution in [0.4, 0.5) is 18.9 Å². The highest BCUT2D eigenvalue weighted by Gasteiger charge is 2.38. The van der Waals surface area contributed by atoms with E-state index in [1.165, 1.54) is 7.05 Å². The van der Waals surface area contributed by atoms with Gasteiger partial charge in [0.25, 0.3) is 0 Å². The molecular weight excluding hydrogens is 297 g/mol. The van der Waals surface area contributed by atoms with E-state index >= 15 is 0 Å². The van der Waals surface area contributed by atoms with E-state index in [4.69, 9.17) is 5.11 Å². The van der Waals surface area contributed by atoms with Crippen molar-refractivity contribution < 1.29 is 28.0 Å². The summed E-state index contributed by atoms with van der Waals surface area (Å²) >= 11 is 0. The van der Waals surface area contributed by atoms with Gasteiger partial charge in [-0.15, -0.1) is 5.10 Å². The number of hydrogen-bond acceptors (Lipinski definition) is 4. The number of aromatic carboxylic acids is 1. The molecule has 0 spiro atoms. The van der Waals surface area contributed by atoms with Gasteiger partial charge in [-0.3, -0.25) is 19.4 Å². The summed E-state index contributed by atoms with van der Waals surface area (Å²) in [6.07, 6.45) is -2.80. The first-order valence-electron chi connectivity index (χ1n) is 5.32. The van der Waals surface area contributed by atoms with E-state index in [1.807, 2.05) is 0 Å². The van der Waals surface area contributed by atoms with Gasteiger partial charge in [0.15, 0.2) is 0 Å². The molecular formula is C10H7F3N4O4. The average Bonchev–Trinajstić information content (AvgIpc) is 2.90. The van der Waals surface area contributed by atoms with Crippen molar-refractivity contribution in [3.8, 4) is 5.82 Å². The average molecular weight is 304 g/mol. The highest BCUT2D eigenvalue weighted by Crippen LogP contribution is 2.34. The van der Waals surface area contributed by atoms with Gasteiger partial charge in [0.2, 0.25) is 5.82 Å². The third kappa shape index (κ3) is 2.57. The highest BCUT2D eigenvalue weighted by molar-refractivity contribution is 5.89. The molecule has 2 aromatic rings. The van der Waals surface area contributed by atoms with Crippen molar-refractivity contribution in [1.29, 1.82) is 0 Å². The van der Waals surface area contributed by atoms with Crippen LogP contribution in [-0.2, 0) is 13.2 Å². The number of hydrogen-bond donors (Lipinski definition) is 1. The molecule has 0 radical (unpaired) electrons. The lowest BCUT2D eigenvalue weighted by Gasteiger charge is -2.04. The molecule has 0 aliphatic heterocycles. The lowest BCUT2D eigenvalue weighted by Crippen LogP contribution is -2.09. The van der Waals surface area contributed by atoms with Crippen LogP contribution in [0, 0.1) is 10.1 Å². The molecule has 2 aromatic heterocycles. The number of halogens is 3.